The number of pyridine rings is 1. The first kappa shape index (κ1) is 14.4. The van der Waals surface area contributed by atoms with E-state index in [9.17, 15) is 9.59 Å². The van der Waals surface area contributed by atoms with Crippen molar-refractivity contribution in [2.75, 3.05) is 6.54 Å². The number of carboxylic acid groups (broad SMARTS) is 1. The Morgan fingerprint density at radius 3 is 2.83 bits per heavy atom. The number of nitrogens with zero attached hydrogens (tertiary/aromatic N) is 1. The first-order valence-electron chi connectivity index (χ1n) is 5.67. The standard InChI is InChI=1S/C12H15ClN2O3/c1-2-3-8(12(17)18)7-15-11(16)10-6-9(13)4-5-14-10/h4-6,8H,2-3,7H2,1H3,(H,15,16)(H,17,18). The van der Waals surface area contributed by atoms with E-state index in [4.69, 9.17) is 16.7 Å². The third-order valence-corrected chi connectivity index (χ3v) is 2.69. The van der Waals surface area contributed by atoms with Crippen LogP contribution >= 0.6 is 11.6 Å². The molecule has 0 saturated carbocycles. The molecule has 0 aromatic carbocycles. The van der Waals surface area contributed by atoms with Gasteiger partial charge >= 0.3 is 5.97 Å². The molecule has 0 aliphatic heterocycles. The maximum absolute atomic E-state index is 11.7. The second-order valence-corrected chi connectivity index (χ2v) is 4.33. The molecule has 18 heavy (non-hydrogen) atoms. The summed E-state index contributed by atoms with van der Waals surface area (Å²) in [5.74, 6) is -1.89. The Bertz CT molecular complexity index is 437. The van der Waals surface area contributed by atoms with Gasteiger partial charge in [0.2, 0.25) is 0 Å². The van der Waals surface area contributed by atoms with Crippen LogP contribution in [0.25, 0.3) is 0 Å². The smallest absolute Gasteiger partial charge is 0.308 e. The lowest BCUT2D eigenvalue weighted by Gasteiger charge is -2.12. The zero-order chi connectivity index (χ0) is 13.5. The number of carboxylic acids is 1. The molecule has 98 valence electrons. The van der Waals surface area contributed by atoms with Crippen LogP contribution in [0.1, 0.15) is 30.3 Å². The molecule has 0 spiro atoms. The summed E-state index contributed by atoms with van der Waals surface area (Å²) in [6.45, 7) is 1.99. The average Bonchev–Trinajstić information content (AvgIpc) is 2.33. The number of hydrogen-bond donors (Lipinski definition) is 2. The van der Waals surface area contributed by atoms with Gasteiger partial charge in [0.1, 0.15) is 5.69 Å². The molecule has 1 unspecified atom stereocenters. The lowest BCUT2D eigenvalue weighted by molar-refractivity contribution is -0.141. The predicted octanol–water partition coefficient (Wildman–Crippen LogP) is 1.97. The van der Waals surface area contributed by atoms with Crippen LogP contribution in [0, 0.1) is 5.92 Å². The highest BCUT2D eigenvalue weighted by molar-refractivity contribution is 6.30. The van der Waals surface area contributed by atoms with Crippen LogP contribution < -0.4 is 5.32 Å². The molecule has 0 radical (unpaired) electrons. The van der Waals surface area contributed by atoms with E-state index >= 15 is 0 Å². The Labute approximate surface area is 110 Å². The lowest BCUT2D eigenvalue weighted by Crippen LogP contribution is -2.33. The van der Waals surface area contributed by atoms with Crippen LogP contribution in [0.2, 0.25) is 5.02 Å². The zero-order valence-electron chi connectivity index (χ0n) is 10.0. The van der Waals surface area contributed by atoms with Crippen LogP contribution in [0.3, 0.4) is 0 Å². The minimum Gasteiger partial charge on any atom is -0.481 e. The fourth-order valence-corrected chi connectivity index (χ4v) is 1.66. The van der Waals surface area contributed by atoms with E-state index in [0.717, 1.165) is 6.42 Å². The third-order valence-electron chi connectivity index (χ3n) is 2.45. The number of aromatic nitrogens is 1. The van der Waals surface area contributed by atoms with Crippen molar-refractivity contribution in [3.05, 3.63) is 29.0 Å². The van der Waals surface area contributed by atoms with E-state index in [1.807, 2.05) is 6.92 Å². The van der Waals surface area contributed by atoms with Crippen molar-refractivity contribution in [1.82, 2.24) is 10.3 Å². The van der Waals surface area contributed by atoms with Crippen molar-refractivity contribution in [1.29, 1.82) is 0 Å². The minimum absolute atomic E-state index is 0.0935. The zero-order valence-corrected chi connectivity index (χ0v) is 10.8. The summed E-state index contributed by atoms with van der Waals surface area (Å²) >= 11 is 5.74. The summed E-state index contributed by atoms with van der Waals surface area (Å²) in [5.41, 5.74) is 0.183. The number of hydrogen-bond acceptors (Lipinski definition) is 3. The molecule has 1 amide bonds. The molecule has 1 heterocycles. The number of amides is 1. The number of rotatable bonds is 6. The quantitative estimate of drug-likeness (QED) is 0.828. The summed E-state index contributed by atoms with van der Waals surface area (Å²) in [6, 6.07) is 3.00. The van der Waals surface area contributed by atoms with Crippen LogP contribution in [0.15, 0.2) is 18.3 Å². The summed E-state index contributed by atoms with van der Waals surface area (Å²) in [5, 5.41) is 11.9. The topological polar surface area (TPSA) is 79.3 Å². The molecule has 1 aromatic heterocycles. The average molecular weight is 271 g/mol. The normalized spacial score (nSPS) is 11.9. The highest BCUT2D eigenvalue weighted by atomic mass is 35.5. The van der Waals surface area contributed by atoms with Crippen molar-refractivity contribution in [3.8, 4) is 0 Å². The molecule has 0 aliphatic carbocycles. The molecule has 0 aliphatic rings. The molecule has 1 rings (SSSR count). The van der Waals surface area contributed by atoms with E-state index in [2.05, 4.69) is 10.3 Å². The van der Waals surface area contributed by atoms with Gasteiger partial charge in [0.05, 0.1) is 5.92 Å². The van der Waals surface area contributed by atoms with Gasteiger partial charge in [0, 0.05) is 17.8 Å². The summed E-state index contributed by atoms with van der Waals surface area (Å²) in [7, 11) is 0. The maximum Gasteiger partial charge on any atom is 0.308 e. The van der Waals surface area contributed by atoms with E-state index in [0.29, 0.717) is 11.4 Å². The largest absolute Gasteiger partial charge is 0.481 e. The van der Waals surface area contributed by atoms with E-state index in [1.165, 1.54) is 12.3 Å². The Morgan fingerprint density at radius 2 is 2.28 bits per heavy atom. The van der Waals surface area contributed by atoms with Gasteiger partial charge in [0.25, 0.3) is 5.91 Å². The highest BCUT2D eigenvalue weighted by Gasteiger charge is 2.18. The molecule has 0 fully saturated rings. The van der Waals surface area contributed by atoms with Crippen LogP contribution in [-0.2, 0) is 4.79 Å². The molecule has 5 nitrogen and oxygen atoms in total. The van der Waals surface area contributed by atoms with Gasteiger partial charge in [-0.05, 0) is 18.6 Å². The predicted molar refractivity (Wildman–Crippen MR) is 67.6 cm³/mol. The number of aliphatic carboxylic acids is 1. The van der Waals surface area contributed by atoms with Gasteiger partial charge in [-0.15, -0.1) is 0 Å². The van der Waals surface area contributed by atoms with Crippen LogP contribution in [-0.4, -0.2) is 28.5 Å². The Balaban J connectivity index is 2.57. The number of carbonyl (C=O) groups is 2. The molecule has 2 N–H and O–H groups in total. The van der Waals surface area contributed by atoms with Gasteiger partial charge in [-0.2, -0.15) is 0 Å². The van der Waals surface area contributed by atoms with Gasteiger partial charge in [-0.25, -0.2) is 0 Å². The molecular formula is C12H15ClN2O3. The highest BCUT2D eigenvalue weighted by Crippen LogP contribution is 2.09. The maximum atomic E-state index is 11.7. The fraction of sp³-hybridized carbons (Fsp3) is 0.417. The van der Waals surface area contributed by atoms with Gasteiger partial charge in [-0.3, -0.25) is 14.6 Å². The lowest BCUT2D eigenvalue weighted by atomic mass is 10.0. The Morgan fingerprint density at radius 1 is 1.56 bits per heavy atom. The van der Waals surface area contributed by atoms with E-state index in [1.54, 1.807) is 6.07 Å². The first-order chi connectivity index (χ1) is 8.54. The van der Waals surface area contributed by atoms with Gasteiger partial charge < -0.3 is 10.4 Å². The second kappa shape index (κ2) is 6.96. The fourth-order valence-electron chi connectivity index (χ4n) is 1.50. The van der Waals surface area contributed by atoms with Gasteiger partial charge in [0.15, 0.2) is 0 Å². The second-order valence-electron chi connectivity index (χ2n) is 3.89. The van der Waals surface area contributed by atoms with Crippen LogP contribution in [0.4, 0.5) is 0 Å². The minimum atomic E-state index is -0.906. The Kier molecular flexibility index (Phi) is 5.58. The molecule has 0 saturated heterocycles. The summed E-state index contributed by atoms with van der Waals surface area (Å²) < 4.78 is 0. The van der Waals surface area contributed by atoms with Crippen molar-refractivity contribution >= 4 is 23.5 Å². The Hall–Kier alpha value is -1.62. The summed E-state index contributed by atoms with van der Waals surface area (Å²) in [4.78, 5) is 26.5. The van der Waals surface area contributed by atoms with E-state index < -0.39 is 17.8 Å². The number of carbonyl (C=O) groups excluding carboxylic acids is 1. The SMILES string of the molecule is CCCC(CNC(=O)c1cc(Cl)ccn1)C(=O)O. The van der Waals surface area contributed by atoms with Crippen LogP contribution in [0.5, 0.6) is 0 Å². The van der Waals surface area contributed by atoms with Crippen molar-refractivity contribution < 1.29 is 14.7 Å². The van der Waals surface area contributed by atoms with Crippen molar-refractivity contribution in [3.63, 3.8) is 0 Å². The first-order valence-corrected chi connectivity index (χ1v) is 6.05. The third kappa shape index (κ3) is 4.33. The number of nitrogens with one attached hydrogen (secondary N) is 1. The number of halogens is 1. The van der Waals surface area contributed by atoms with Crippen molar-refractivity contribution in [2.45, 2.75) is 19.8 Å². The molecule has 1 atom stereocenters. The van der Waals surface area contributed by atoms with Crippen molar-refractivity contribution in [2.24, 2.45) is 5.92 Å². The molecular weight excluding hydrogens is 256 g/mol. The monoisotopic (exact) mass is 270 g/mol. The summed E-state index contributed by atoms with van der Waals surface area (Å²) in [6.07, 6.45) is 2.71. The molecule has 1 aromatic rings. The molecule has 0 bridgehead atoms. The van der Waals surface area contributed by atoms with E-state index in [-0.39, 0.29) is 12.2 Å². The van der Waals surface area contributed by atoms with Gasteiger partial charge in [-0.1, -0.05) is 24.9 Å². The molecule has 6 heteroatoms.